The van der Waals surface area contributed by atoms with Gasteiger partial charge >= 0.3 is 0 Å². The molecule has 3 nitrogen and oxygen atoms in total. The van der Waals surface area contributed by atoms with Crippen molar-refractivity contribution in [3.05, 3.63) is 52.3 Å². The molecule has 2 aromatic rings. The molecule has 2 atom stereocenters. The summed E-state index contributed by atoms with van der Waals surface area (Å²) >= 11 is 6.05. The number of aromatic nitrogens is 2. The molecule has 2 N–H and O–H groups in total. The average Bonchev–Trinajstić information content (AvgIpc) is 2.89. The highest BCUT2D eigenvalue weighted by atomic mass is 35.5. The Balaban J connectivity index is 2.13. The molecule has 4 heteroatoms. The second kappa shape index (κ2) is 6.42. The van der Waals surface area contributed by atoms with Gasteiger partial charge in [-0.1, -0.05) is 24.6 Å². The third kappa shape index (κ3) is 3.41. The van der Waals surface area contributed by atoms with Gasteiger partial charge in [-0.25, -0.2) is 0 Å². The molecule has 1 aromatic heterocycles. The van der Waals surface area contributed by atoms with Gasteiger partial charge in [0.05, 0.1) is 5.69 Å². The van der Waals surface area contributed by atoms with Gasteiger partial charge in [-0.3, -0.25) is 4.68 Å². The van der Waals surface area contributed by atoms with Crippen LogP contribution >= 0.6 is 11.6 Å². The number of nitrogens with two attached hydrogens (primary N) is 1. The van der Waals surface area contributed by atoms with E-state index in [1.807, 2.05) is 35.1 Å². The predicted octanol–water partition coefficient (Wildman–Crippen LogP) is 4.06. The minimum Gasteiger partial charge on any atom is -0.324 e. The summed E-state index contributed by atoms with van der Waals surface area (Å²) < 4.78 is 2.01. The zero-order valence-electron chi connectivity index (χ0n) is 12.3. The highest BCUT2D eigenvalue weighted by Crippen LogP contribution is 2.23. The lowest BCUT2D eigenvalue weighted by Gasteiger charge is -2.14. The average molecular weight is 292 g/mol. The molecule has 1 aromatic carbocycles. The van der Waals surface area contributed by atoms with Gasteiger partial charge in [-0.15, -0.1) is 0 Å². The first-order chi connectivity index (χ1) is 9.51. The minimum atomic E-state index is -0.0750. The summed E-state index contributed by atoms with van der Waals surface area (Å²) in [5, 5.41) is 5.33. The fourth-order valence-electron chi connectivity index (χ4n) is 2.26. The van der Waals surface area contributed by atoms with Crippen molar-refractivity contribution in [3.63, 3.8) is 0 Å². The molecule has 1 heterocycles. The molecule has 0 bridgehead atoms. The van der Waals surface area contributed by atoms with Crippen molar-refractivity contribution in [1.82, 2.24) is 9.78 Å². The van der Waals surface area contributed by atoms with E-state index in [1.165, 1.54) is 5.56 Å². The Morgan fingerprint density at radius 1 is 1.35 bits per heavy atom. The Hall–Kier alpha value is -1.32. The van der Waals surface area contributed by atoms with Gasteiger partial charge in [-0.2, -0.15) is 5.10 Å². The van der Waals surface area contributed by atoms with Crippen LogP contribution in [0.5, 0.6) is 0 Å². The zero-order chi connectivity index (χ0) is 14.7. The molecule has 108 valence electrons. The quantitative estimate of drug-likeness (QED) is 0.903. The van der Waals surface area contributed by atoms with Crippen molar-refractivity contribution in [1.29, 1.82) is 0 Å². The number of halogens is 1. The Morgan fingerprint density at radius 2 is 2.10 bits per heavy atom. The van der Waals surface area contributed by atoms with Gasteiger partial charge in [-0.05, 0) is 49.6 Å². The summed E-state index contributed by atoms with van der Waals surface area (Å²) in [5.41, 5.74) is 9.59. The van der Waals surface area contributed by atoms with E-state index in [1.54, 1.807) is 0 Å². The highest BCUT2D eigenvalue weighted by Gasteiger charge is 2.13. The van der Waals surface area contributed by atoms with Gasteiger partial charge in [0.25, 0.3) is 0 Å². The second-order valence-electron chi connectivity index (χ2n) is 5.36. The number of rotatable bonds is 5. The molecular weight excluding hydrogens is 270 g/mol. The Morgan fingerprint density at radius 3 is 2.80 bits per heavy atom. The minimum absolute atomic E-state index is 0.0750. The van der Waals surface area contributed by atoms with E-state index < -0.39 is 0 Å². The number of hydrogen-bond donors (Lipinski definition) is 1. The fraction of sp³-hybridized carbons (Fsp3) is 0.438. The lowest BCUT2D eigenvalue weighted by molar-refractivity contribution is 0.472. The smallest absolute Gasteiger partial charge is 0.0643 e. The molecule has 0 fully saturated rings. The summed E-state index contributed by atoms with van der Waals surface area (Å²) in [7, 11) is 0. The van der Waals surface area contributed by atoms with Crippen LogP contribution in [0.15, 0.2) is 30.5 Å². The molecule has 0 aliphatic rings. The van der Waals surface area contributed by atoms with Gasteiger partial charge in [0.1, 0.15) is 0 Å². The van der Waals surface area contributed by atoms with Crippen molar-refractivity contribution < 1.29 is 0 Å². The molecule has 0 radical (unpaired) electrons. The first-order valence-corrected chi connectivity index (χ1v) is 7.44. The van der Waals surface area contributed by atoms with Gasteiger partial charge in [0, 0.05) is 29.7 Å². The molecular formula is C16H22ClN3. The first kappa shape index (κ1) is 15.1. The summed E-state index contributed by atoms with van der Waals surface area (Å²) in [6.07, 6.45) is 3.83. The number of benzene rings is 1. The molecule has 2 unspecified atom stereocenters. The maximum Gasteiger partial charge on any atom is 0.0643 e. The van der Waals surface area contributed by atoms with E-state index in [9.17, 15) is 0 Å². The third-order valence-corrected chi connectivity index (χ3v) is 4.01. The Labute approximate surface area is 125 Å². The standard InChI is InChI=1S/C16H22ClN3/c1-4-12(3)20-8-7-14(19-20)10-16(18)15-9-13(17)6-5-11(15)2/h5-9,12,16H,4,10,18H2,1-3H3. The van der Waals surface area contributed by atoms with Crippen LogP contribution in [-0.2, 0) is 6.42 Å². The Kier molecular flexibility index (Phi) is 4.84. The summed E-state index contributed by atoms with van der Waals surface area (Å²) in [6.45, 7) is 6.38. The summed E-state index contributed by atoms with van der Waals surface area (Å²) in [6, 6.07) is 8.25. The second-order valence-corrected chi connectivity index (χ2v) is 5.79. The predicted molar refractivity (Wildman–Crippen MR) is 84.1 cm³/mol. The monoisotopic (exact) mass is 291 g/mol. The number of nitrogens with zero attached hydrogens (tertiary/aromatic N) is 2. The summed E-state index contributed by atoms with van der Waals surface area (Å²) in [4.78, 5) is 0. The summed E-state index contributed by atoms with van der Waals surface area (Å²) in [5.74, 6) is 0. The normalized spacial score (nSPS) is 14.2. The van der Waals surface area contributed by atoms with E-state index in [0.717, 1.165) is 29.1 Å². The molecule has 0 spiro atoms. The van der Waals surface area contributed by atoms with Crippen molar-refractivity contribution in [2.24, 2.45) is 5.73 Å². The van der Waals surface area contributed by atoms with E-state index >= 15 is 0 Å². The van der Waals surface area contributed by atoms with Gasteiger partial charge in [0.2, 0.25) is 0 Å². The van der Waals surface area contributed by atoms with Crippen molar-refractivity contribution >= 4 is 11.6 Å². The van der Waals surface area contributed by atoms with Crippen LogP contribution in [0.1, 0.15) is 49.2 Å². The van der Waals surface area contributed by atoms with E-state index in [2.05, 4.69) is 25.9 Å². The fourth-order valence-corrected chi connectivity index (χ4v) is 2.45. The van der Waals surface area contributed by atoms with Crippen LogP contribution in [0.25, 0.3) is 0 Å². The molecule has 0 aliphatic heterocycles. The number of aryl methyl sites for hydroxylation is 1. The van der Waals surface area contributed by atoms with Crippen molar-refractivity contribution in [2.45, 2.75) is 45.7 Å². The molecule has 0 saturated carbocycles. The van der Waals surface area contributed by atoms with E-state index in [4.69, 9.17) is 17.3 Å². The Bertz CT molecular complexity index is 577. The zero-order valence-corrected chi connectivity index (χ0v) is 13.1. The third-order valence-electron chi connectivity index (χ3n) is 3.78. The molecule has 0 saturated heterocycles. The van der Waals surface area contributed by atoms with E-state index in [-0.39, 0.29) is 6.04 Å². The lowest BCUT2D eigenvalue weighted by atomic mass is 9.98. The molecule has 20 heavy (non-hydrogen) atoms. The topological polar surface area (TPSA) is 43.8 Å². The van der Waals surface area contributed by atoms with Gasteiger partial charge in [0.15, 0.2) is 0 Å². The van der Waals surface area contributed by atoms with Crippen LogP contribution in [0, 0.1) is 6.92 Å². The van der Waals surface area contributed by atoms with Crippen LogP contribution in [-0.4, -0.2) is 9.78 Å². The lowest BCUT2D eigenvalue weighted by Crippen LogP contribution is -2.15. The van der Waals surface area contributed by atoms with Crippen LogP contribution in [0.3, 0.4) is 0 Å². The number of hydrogen-bond acceptors (Lipinski definition) is 2. The van der Waals surface area contributed by atoms with Crippen molar-refractivity contribution in [3.8, 4) is 0 Å². The van der Waals surface area contributed by atoms with Crippen LogP contribution in [0.2, 0.25) is 5.02 Å². The largest absolute Gasteiger partial charge is 0.324 e. The SMILES string of the molecule is CCC(C)n1ccc(CC(N)c2cc(Cl)ccc2C)n1. The van der Waals surface area contributed by atoms with Gasteiger partial charge < -0.3 is 5.73 Å². The highest BCUT2D eigenvalue weighted by molar-refractivity contribution is 6.30. The van der Waals surface area contributed by atoms with Crippen LogP contribution < -0.4 is 5.73 Å². The van der Waals surface area contributed by atoms with Crippen LogP contribution in [0.4, 0.5) is 0 Å². The van der Waals surface area contributed by atoms with Crippen molar-refractivity contribution in [2.75, 3.05) is 0 Å². The first-order valence-electron chi connectivity index (χ1n) is 7.07. The molecule has 0 aliphatic carbocycles. The molecule has 0 amide bonds. The molecule has 2 rings (SSSR count). The maximum absolute atomic E-state index is 6.31. The maximum atomic E-state index is 6.31. The van der Waals surface area contributed by atoms with E-state index in [0.29, 0.717) is 6.04 Å².